The number of rotatable bonds is 6. The Labute approximate surface area is 241 Å². The van der Waals surface area contributed by atoms with Crippen molar-refractivity contribution in [1.82, 2.24) is 5.16 Å². The molecule has 0 amide bonds. The number of carbonyl (C=O) groups is 1. The molecule has 0 unspecified atom stereocenters. The number of hydrogen-bond donors (Lipinski definition) is 1. The second-order valence-corrected chi connectivity index (χ2v) is 10.9. The number of halogens is 4. The van der Waals surface area contributed by atoms with Gasteiger partial charge in [-0.05, 0) is 77.9 Å². The minimum atomic E-state index is -1.00. The van der Waals surface area contributed by atoms with Gasteiger partial charge in [0.2, 0.25) is 0 Å². The molecule has 1 aromatic heterocycles. The smallest absolute Gasteiger partial charge is 0.335 e. The van der Waals surface area contributed by atoms with Crippen molar-refractivity contribution in [2.45, 2.75) is 25.4 Å². The number of aromatic carboxylic acids is 1. The first-order valence-electron chi connectivity index (χ1n) is 11.2. The van der Waals surface area contributed by atoms with Crippen LogP contribution in [-0.2, 0) is 6.61 Å². The first kappa shape index (κ1) is 25.9. The van der Waals surface area contributed by atoms with Crippen LogP contribution in [0.4, 0.5) is 0 Å². The van der Waals surface area contributed by atoms with Crippen molar-refractivity contribution in [2.75, 3.05) is 0 Å². The summed E-state index contributed by atoms with van der Waals surface area (Å²) in [5.74, 6) is 6.64. The molecule has 0 atom stereocenters. The normalized spacial score (nSPS) is 12.6. The minimum absolute atomic E-state index is 0.183. The summed E-state index contributed by atoms with van der Waals surface area (Å²) in [4.78, 5) is 11.3. The van der Waals surface area contributed by atoms with E-state index in [2.05, 4.69) is 39.6 Å². The third-order valence-corrected chi connectivity index (χ3v) is 7.34. The lowest BCUT2D eigenvalue weighted by molar-refractivity contribution is 0.0696. The van der Waals surface area contributed by atoms with E-state index in [9.17, 15) is 9.90 Å². The van der Waals surface area contributed by atoms with E-state index in [-0.39, 0.29) is 12.2 Å². The molecule has 0 saturated heterocycles. The number of benzene rings is 3. The van der Waals surface area contributed by atoms with Crippen LogP contribution in [0.3, 0.4) is 0 Å². The van der Waals surface area contributed by atoms with Gasteiger partial charge in [-0.1, -0.05) is 57.9 Å². The molecule has 1 aliphatic rings. The standard InChI is InChI=1S/C28H17Cl3INO4/c29-22-2-1-3-23(30)25(22)26-21(27(37-33-26)17-6-7-17)14-36-20-9-8-16(24(31)13-20)5-4-15-10-18(28(34)35)12-19(32)11-15/h1-3,8-13,17H,6-7,14H2,(H,34,35). The fourth-order valence-electron chi connectivity index (χ4n) is 3.82. The quantitative estimate of drug-likeness (QED) is 0.165. The summed E-state index contributed by atoms with van der Waals surface area (Å²) in [5, 5.41) is 14.9. The Morgan fingerprint density at radius 2 is 1.81 bits per heavy atom. The molecule has 5 nitrogen and oxygen atoms in total. The molecule has 1 saturated carbocycles. The van der Waals surface area contributed by atoms with Crippen LogP contribution < -0.4 is 4.74 Å². The SMILES string of the molecule is O=C(O)c1cc(I)cc(C#Cc2ccc(OCc3c(-c4c(Cl)cccc4Cl)noc3C3CC3)cc2Cl)c1. The first-order chi connectivity index (χ1) is 17.8. The van der Waals surface area contributed by atoms with Crippen LogP contribution in [0.1, 0.15) is 51.6 Å². The summed E-state index contributed by atoms with van der Waals surface area (Å²) in [6.45, 7) is 0.202. The number of carboxylic acid groups (broad SMARTS) is 1. The highest BCUT2D eigenvalue weighted by molar-refractivity contribution is 14.1. The first-order valence-corrected chi connectivity index (χ1v) is 13.4. The summed E-state index contributed by atoms with van der Waals surface area (Å²) >= 11 is 21.4. The Morgan fingerprint density at radius 1 is 1.05 bits per heavy atom. The molecule has 1 aliphatic carbocycles. The number of nitrogens with zero attached hydrogens (tertiary/aromatic N) is 1. The van der Waals surface area contributed by atoms with E-state index in [4.69, 9.17) is 44.1 Å². The average Bonchev–Trinajstić information content (AvgIpc) is 3.62. The van der Waals surface area contributed by atoms with Gasteiger partial charge in [0.1, 0.15) is 23.8 Å². The lowest BCUT2D eigenvalue weighted by atomic mass is 10.0. The van der Waals surface area contributed by atoms with Crippen molar-refractivity contribution in [2.24, 2.45) is 0 Å². The van der Waals surface area contributed by atoms with Gasteiger partial charge in [-0.25, -0.2) is 4.79 Å². The Hall–Kier alpha value is -2.70. The molecule has 1 heterocycles. The predicted molar refractivity (Wildman–Crippen MR) is 152 cm³/mol. The van der Waals surface area contributed by atoms with Crippen LogP contribution in [0.5, 0.6) is 5.75 Å². The molecule has 186 valence electrons. The lowest BCUT2D eigenvalue weighted by Crippen LogP contribution is -2.00. The van der Waals surface area contributed by atoms with E-state index < -0.39 is 5.97 Å². The number of ether oxygens (including phenoxy) is 1. The zero-order valence-electron chi connectivity index (χ0n) is 19.0. The van der Waals surface area contributed by atoms with E-state index in [1.54, 1.807) is 42.5 Å². The van der Waals surface area contributed by atoms with E-state index in [1.807, 2.05) is 6.07 Å². The van der Waals surface area contributed by atoms with Crippen molar-refractivity contribution in [3.05, 3.63) is 101 Å². The Kier molecular flexibility index (Phi) is 7.68. The van der Waals surface area contributed by atoms with Gasteiger partial charge in [-0.2, -0.15) is 0 Å². The summed E-state index contributed by atoms with van der Waals surface area (Å²) < 4.78 is 12.6. The maximum Gasteiger partial charge on any atom is 0.335 e. The van der Waals surface area contributed by atoms with Gasteiger partial charge in [0.05, 0.1) is 26.2 Å². The molecule has 0 aliphatic heterocycles. The molecule has 4 aromatic rings. The van der Waals surface area contributed by atoms with Crippen LogP contribution in [-0.4, -0.2) is 16.2 Å². The maximum absolute atomic E-state index is 11.3. The molecular weight excluding hydrogens is 648 g/mol. The van der Waals surface area contributed by atoms with Gasteiger partial charge in [-0.3, -0.25) is 0 Å². The highest BCUT2D eigenvalue weighted by atomic mass is 127. The maximum atomic E-state index is 11.3. The van der Waals surface area contributed by atoms with Crippen LogP contribution >= 0.6 is 57.4 Å². The van der Waals surface area contributed by atoms with E-state index >= 15 is 0 Å². The second-order valence-electron chi connectivity index (χ2n) is 8.46. The van der Waals surface area contributed by atoms with Crippen molar-refractivity contribution in [1.29, 1.82) is 0 Å². The molecule has 37 heavy (non-hydrogen) atoms. The van der Waals surface area contributed by atoms with Crippen LogP contribution in [0, 0.1) is 15.4 Å². The van der Waals surface area contributed by atoms with Gasteiger partial charge in [0, 0.05) is 32.2 Å². The van der Waals surface area contributed by atoms with Gasteiger partial charge >= 0.3 is 5.97 Å². The van der Waals surface area contributed by atoms with Gasteiger partial charge < -0.3 is 14.4 Å². The molecule has 9 heteroatoms. The van der Waals surface area contributed by atoms with E-state index in [0.29, 0.717) is 49.1 Å². The predicted octanol–water partition coefficient (Wildman–Crippen LogP) is 8.46. The van der Waals surface area contributed by atoms with Crippen LogP contribution in [0.25, 0.3) is 11.3 Å². The van der Waals surface area contributed by atoms with E-state index in [1.165, 1.54) is 6.07 Å². The minimum Gasteiger partial charge on any atom is -0.489 e. The summed E-state index contributed by atoms with van der Waals surface area (Å²) in [7, 11) is 0. The van der Waals surface area contributed by atoms with Crippen LogP contribution in [0.2, 0.25) is 15.1 Å². The Balaban J connectivity index is 1.38. The molecular formula is C28H17Cl3INO4. The number of aromatic nitrogens is 1. The fourth-order valence-corrected chi connectivity index (χ4v) is 5.28. The summed E-state index contributed by atoms with van der Waals surface area (Å²) in [5.41, 5.74) is 3.37. The summed E-state index contributed by atoms with van der Waals surface area (Å²) in [6.07, 6.45) is 2.07. The molecule has 0 radical (unpaired) electrons. The molecule has 5 rings (SSSR count). The molecule has 3 aromatic carbocycles. The van der Waals surface area contributed by atoms with Crippen LogP contribution in [0.15, 0.2) is 59.1 Å². The highest BCUT2D eigenvalue weighted by Crippen LogP contribution is 2.46. The second kappa shape index (κ2) is 11.0. The van der Waals surface area contributed by atoms with Crippen molar-refractivity contribution < 1.29 is 19.2 Å². The zero-order chi connectivity index (χ0) is 26.1. The lowest BCUT2D eigenvalue weighted by Gasteiger charge is -2.10. The van der Waals surface area contributed by atoms with E-state index in [0.717, 1.165) is 27.7 Å². The molecule has 1 N–H and O–H groups in total. The Morgan fingerprint density at radius 3 is 2.49 bits per heavy atom. The van der Waals surface area contributed by atoms with Gasteiger partial charge in [0.15, 0.2) is 0 Å². The van der Waals surface area contributed by atoms with Crippen molar-refractivity contribution in [3.8, 4) is 28.8 Å². The number of carboxylic acids is 1. The Bertz CT molecular complexity index is 1560. The average molecular weight is 665 g/mol. The highest BCUT2D eigenvalue weighted by Gasteiger charge is 2.33. The monoisotopic (exact) mass is 663 g/mol. The summed E-state index contributed by atoms with van der Waals surface area (Å²) in [6, 6.07) is 15.5. The molecule has 0 spiro atoms. The zero-order valence-corrected chi connectivity index (χ0v) is 23.5. The molecule has 0 bridgehead atoms. The third-order valence-electron chi connectivity index (χ3n) is 5.78. The largest absolute Gasteiger partial charge is 0.489 e. The topological polar surface area (TPSA) is 72.6 Å². The number of hydrogen-bond acceptors (Lipinski definition) is 4. The van der Waals surface area contributed by atoms with Crippen molar-refractivity contribution in [3.63, 3.8) is 0 Å². The third kappa shape index (κ3) is 5.91. The van der Waals surface area contributed by atoms with Gasteiger partial charge in [-0.15, -0.1) is 0 Å². The fraction of sp³-hybridized carbons (Fsp3) is 0.143. The van der Waals surface area contributed by atoms with Gasteiger partial charge in [0.25, 0.3) is 0 Å². The molecule has 1 fully saturated rings. The van der Waals surface area contributed by atoms with Crippen molar-refractivity contribution >= 4 is 63.4 Å².